The van der Waals surface area contributed by atoms with Crippen LogP contribution in [0.2, 0.25) is 0 Å². The van der Waals surface area contributed by atoms with Crippen LogP contribution in [0.5, 0.6) is 17.2 Å². The number of benzene rings is 3. The summed E-state index contributed by atoms with van der Waals surface area (Å²) in [5.74, 6) is 2.39. The summed E-state index contributed by atoms with van der Waals surface area (Å²) in [6, 6.07) is 23.2. The molecule has 216 valence electrons. The minimum absolute atomic E-state index is 0.110. The molecule has 6 rings (SSSR count). The number of anilines is 1. The molecule has 1 aliphatic heterocycles. The molecule has 1 atom stereocenters. The van der Waals surface area contributed by atoms with E-state index in [2.05, 4.69) is 5.32 Å². The minimum atomic E-state index is -0.354. The summed E-state index contributed by atoms with van der Waals surface area (Å²) in [4.78, 5) is 28.7. The lowest BCUT2D eigenvalue weighted by Gasteiger charge is -2.23. The Bertz CT molecular complexity index is 1600. The molecule has 0 spiro atoms. The monoisotopic (exact) mass is 584 g/mol. The fourth-order valence-electron chi connectivity index (χ4n) is 5.17. The average Bonchev–Trinajstić information content (AvgIpc) is 3.78. The molecular weight excluding hydrogens is 552 g/mol. The molecule has 3 aromatic carbocycles. The van der Waals surface area contributed by atoms with E-state index in [4.69, 9.17) is 19.3 Å². The van der Waals surface area contributed by atoms with Crippen molar-refractivity contribution in [3.63, 3.8) is 0 Å². The molecule has 0 saturated heterocycles. The molecule has 2 amide bonds. The summed E-state index contributed by atoms with van der Waals surface area (Å²) in [7, 11) is 4.87. The summed E-state index contributed by atoms with van der Waals surface area (Å²) in [6.45, 7) is -0.110. The van der Waals surface area contributed by atoms with Gasteiger partial charge in [0.15, 0.2) is 0 Å². The Labute approximate surface area is 248 Å². The molecule has 0 radical (unpaired) electrons. The number of hydrogen-bond donors (Lipinski definition) is 1. The normalized spacial score (nSPS) is 16.4. The van der Waals surface area contributed by atoms with E-state index >= 15 is 0 Å². The number of nitrogens with zero attached hydrogens (tertiary/aromatic N) is 3. The quantitative estimate of drug-likeness (QED) is 0.296. The zero-order valence-electron chi connectivity index (χ0n) is 23.7. The number of aromatic nitrogens is 2. The van der Waals surface area contributed by atoms with Crippen LogP contribution in [0.4, 0.5) is 5.82 Å². The lowest BCUT2D eigenvalue weighted by molar-refractivity contribution is -0.123. The van der Waals surface area contributed by atoms with Gasteiger partial charge in [-0.15, -0.1) is 11.8 Å². The maximum Gasteiger partial charge on any atom is 0.240 e. The number of ether oxygens (including phenoxy) is 3. The van der Waals surface area contributed by atoms with Crippen molar-refractivity contribution in [3.8, 4) is 34.2 Å². The standard InChI is InChI=1S/C32H32N4O5S/c1-39-23-13-11-22(12-14-23)36-32-29(30(34-36)20-7-5-4-6-8-20)31(25-17-24(40-2)15-16-26(25)41-3)42-19-28(38)35(32)18-27(37)33-21-9-10-21/h4-8,11-17,21,31H,9-10,18-19H2,1-3H3,(H,33,37)/t31-/m1/s1. The third kappa shape index (κ3) is 5.42. The summed E-state index contributed by atoms with van der Waals surface area (Å²) >= 11 is 1.49. The lowest BCUT2D eigenvalue weighted by atomic mass is 9.98. The van der Waals surface area contributed by atoms with Gasteiger partial charge in [0.05, 0.1) is 43.7 Å². The minimum Gasteiger partial charge on any atom is -0.497 e. The van der Waals surface area contributed by atoms with Crippen LogP contribution in [0.15, 0.2) is 72.8 Å². The Kier molecular flexibility index (Phi) is 7.80. The maximum absolute atomic E-state index is 13.9. The lowest BCUT2D eigenvalue weighted by Crippen LogP contribution is -2.43. The number of nitrogens with one attached hydrogen (secondary N) is 1. The van der Waals surface area contributed by atoms with Crippen molar-refractivity contribution in [2.45, 2.75) is 24.1 Å². The summed E-state index contributed by atoms with van der Waals surface area (Å²) in [6.07, 6.45) is 1.92. The summed E-state index contributed by atoms with van der Waals surface area (Å²) in [5.41, 5.74) is 4.01. The molecular formula is C32H32N4O5S. The molecule has 1 fully saturated rings. The number of amides is 2. The Morgan fingerprint density at radius 1 is 0.952 bits per heavy atom. The van der Waals surface area contributed by atoms with Gasteiger partial charge in [-0.2, -0.15) is 5.10 Å². The van der Waals surface area contributed by atoms with Crippen molar-refractivity contribution in [3.05, 3.63) is 83.9 Å². The fourth-order valence-corrected chi connectivity index (χ4v) is 6.38. The molecule has 1 aliphatic carbocycles. The number of fused-ring (bicyclic) bond motifs is 1. The van der Waals surface area contributed by atoms with E-state index in [-0.39, 0.29) is 35.4 Å². The van der Waals surface area contributed by atoms with Gasteiger partial charge in [0.2, 0.25) is 11.8 Å². The highest BCUT2D eigenvalue weighted by Gasteiger charge is 2.39. The first-order valence-corrected chi connectivity index (χ1v) is 14.8. The second-order valence-corrected chi connectivity index (χ2v) is 11.3. The Morgan fingerprint density at radius 3 is 2.33 bits per heavy atom. The van der Waals surface area contributed by atoms with Crippen molar-refractivity contribution in [2.24, 2.45) is 0 Å². The van der Waals surface area contributed by atoms with Crippen molar-refractivity contribution >= 4 is 29.4 Å². The van der Waals surface area contributed by atoms with E-state index in [9.17, 15) is 9.59 Å². The van der Waals surface area contributed by atoms with Gasteiger partial charge in [0.25, 0.3) is 0 Å². The first-order valence-electron chi connectivity index (χ1n) is 13.8. The van der Waals surface area contributed by atoms with Crippen molar-refractivity contribution in [2.75, 3.05) is 38.5 Å². The maximum atomic E-state index is 13.9. The van der Waals surface area contributed by atoms with Crippen LogP contribution in [0, 0.1) is 0 Å². The van der Waals surface area contributed by atoms with Crippen LogP contribution in [0.1, 0.15) is 29.2 Å². The third-order valence-electron chi connectivity index (χ3n) is 7.42. The van der Waals surface area contributed by atoms with Crippen LogP contribution in [0.25, 0.3) is 16.9 Å². The summed E-state index contributed by atoms with van der Waals surface area (Å²) in [5, 5.41) is 7.82. The second kappa shape index (κ2) is 11.8. The van der Waals surface area contributed by atoms with Crippen LogP contribution in [-0.4, -0.2) is 61.3 Å². The number of carbonyl (C=O) groups excluding carboxylic acids is 2. The van der Waals surface area contributed by atoms with Gasteiger partial charge in [-0.1, -0.05) is 30.3 Å². The topological polar surface area (TPSA) is 94.9 Å². The average molecular weight is 585 g/mol. The second-order valence-electron chi connectivity index (χ2n) is 10.2. The first-order chi connectivity index (χ1) is 20.5. The van der Waals surface area contributed by atoms with Crippen LogP contribution < -0.4 is 24.4 Å². The van der Waals surface area contributed by atoms with Crippen LogP contribution >= 0.6 is 11.8 Å². The molecule has 10 heteroatoms. The highest BCUT2D eigenvalue weighted by atomic mass is 32.2. The highest BCUT2D eigenvalue weighted by molar-refractivity contribution is 8.00. The van der Waals surface area contributed by atoms with Crippen molar-refractivity contribution in [1.82, 2.24) is 15.1 Å². The number of rotatable bonds is 9. The molecule has 0 bridgehead atoms. The van der Waals surface area contributed by atoms with E-state index in [1.807, 2.05) is 72.8 Å². The number of thioether (sulfide) groups is 1. The summed E-state index contributed by atoms with van der Waals surface area (Å²) < 4.78 is 18.6. The number of methoxy groups -OCH3 is 3. The van der Waals surface area contributed by atoms with E-state index in [1.165, 1.54) is 11.8 Å². The van der Waals surface area contributed by atoms with Gasteiger partial charge in [0, 0.05) is 22.7 Å². The number of carbonyl (C=O) groups is 2. The van der Waals surface area contributed by atoms with Crippen molar-refractivity contribution in [1.29, 1.82) is 0 Å². The highest BCUT2D eigenvalue weighted by Crippen LogP contribution is 2.51. The molecule has 1 aromatic heterocycles. The SMILES string of the molecule is COc1ccc(-n2nc(-c3ccccc3)c3c2N(CC(=O)NC2CC2)C(=O)CS[C@@H]3c2cc(OC)ccc2OC)cc1. The molecule has 1 saturated carbocycles. The van der Waals surface area contributed by atoms with Gasteiger partial charge >= 0.3 is 0 Å². The Morgan fingerprint density at radius 2 is 1.67 bits per heavy atom. The zero-order valence-corrected chi connectivity index (χ0v) is 24.5. The van der Waals surface area contributed by atoms with Gasteiger partial charge in [-0.25, -0.2) is 4.68 Å². The molecule has 42 heavy (non-hydrogen) atoms. The van der Waals surface area contributed by atoms with Gasteiger partial charge in [0.1, 0.15) is 29.6 Å². The molecule has 2 heterocycles. The van der Waals surface area contributed by atoms with E-state index in [1.54, 1.807) is 30.9 Å². The fraction of sp³-hybridized carbons (Fsp3) is 0.281. The first kappa shape index (κ1) is 27.7. The largest absolute Gasteiger partial charge is 0.497 e. The zero-order chi connectivity index (χ0) is 29.2. The molecule has 0 unspecified atom stereocenters. The van der Waals surface area contributed by atoms with Crippen LogP contribution in [0.3, 0.4) is 0 Å². The molecule has 4 aromatic rings. The van der Waals surface area contributed by atoms with Crippen molar-refractivity contribution < 1.29 is 23.8 Å². The predicted octanol–water partition coefficient (Wildman–Crippen LogP) is 5.01. The Hall–Kier alpha value is -4.44. The molecule has 9 nitrogen and oxygen atoms in total. The van der Waals surface area contributed by atoms with E-state index in [0.29, 0.717) is 28.8 Å². The smallest absolute Gasteiger partial charge is 0.240 e. The predicted molar refractivity (Wildman–Crippen MR) is 163 cm³/mol. The molecule has 1 N–H and O–H groups in total. The van der Waals surface area contributed by atoms with E-state index < -0.39 is 0 Å². The molecule has 2 aliphatic rings. The van der Waals surface area contributed by atoms with Gasteiger partial charge < -0.3 is 19.5 Å². The van der Waals surface area contributed by atoms with Gasteiger partial charge in [-0.3, -0.25) is 14.5 Å². The third-order valence-corrected chi connectivity index (χ3v) is 8.65. The number of hydrogen-bond acceptors (Lipinski definition) is 7. The van der Waals surface area contributed by atoms with Crippen LogP contribution in [-0.2, 0) is 9.59 Å². The van der Waals surface area contributed by atoms with Gasteiger partial charge in [-0.05, 0) is 55.3 Å². The van der Waals surface area contributed by atoms with E-state index in [0.717, 1.165) is 35.2 Å². The Balaban J connectivity index is 1.62.